The van der Waals surface area contributed by atoms with Gasteiger partial charge in [-0.05, 0) is 30.2 Å². The molecule has 0 radical (unpaired) electrons. The number of aryl methyl sites for hydroxylation is 1. The maximum absolute atomic E-state index is 13.7. The van der Waals surface area contributed by atoms with Gasteiger partial charge in [0, 0.05) is 11.1 Å². The molecule has 5 rings (SSSR count). The third kappa shape index (κ3) is 6.40. The van der Waals surface area contributed by atoms with E-state index in [0.717, 1.165) is 33.5 Å². The number of aliphatic imine (C=N–C) groups is 1. The zero-order chi connectivity index (χ0) is 27.1. The van der Waals surface area contributed by atoms with Gasteiger partial charge in [0.1, 0.15) is 0 Å². The lowest BCUT2D eigenvalue weighted by molar-refractivity contribution is 0.506. The number of nitrogens with zero attached hydrogens (tertiary/aromatic N) is 1. The Morgan fingerprint density at radius 2 is 1.03 bits per heavy atom. The molecule has 0 aliphatic carbocycles. The first-order chi connectivity index (χ1) is 19.0. The van der Waals surface area contributed by atoms with Crippen molar-refractivity contribution in [2.75, 3.05) is 0 Å². The maximum Gasteiger partial charge on any atom is 0.241 e. The molecule has 4 nitrogen and oxygen atoms in total. The van der Waals surface area contributed by atoms with E-state index in [4.69, 9.17) is 4.99 Å². The van der Waals surface area contributed by atoms with Crippen molar-refractivity contribution < 1.29 is 8.42 Å². The van der Waals surface area contributed by atoms with Crippen molar-refractivity contribution in [1.82, 2.24) is 4.72 Å². The van der Waals surface area contributed by atoms with Gasteiger partial charge in [0.25, 0.3) is 0 Å². The Kier molecular flexibility index (Phi) is 8.11. The lowest BCUT2D eigenvalue weighted by Gasteiger charge is -2.27. The summed E-state index contributed by atoms with van der Waals surface area (Å²) in [4.78, 5) is 5.56. The van der Waals surface area contributed by atoms with Crippen LogP contribution >= 0.6 is 0 Å². The molecule has 1 N–H and O–H groups in total. The number of nitrogens with one attached hydrogen (secondary N) is 1. The average molecular weight is 531 g/mol. The Morgan fingerprint density at radius 1 is 0.590 bits per heavy atom. The van der Waals surface area contributed by atoms with Gasteiger partial charge in [0.2, 0.25) is 10.0 Å². The normalized spacial score (nSPS) is 12.8. The Labute approximate surface area is 230 Å². The summed E-state index contributed by atoms with van der Waals surface area (Å²) >= 11 is 0. The van der Waals surface area contributed by atoms with Crippen LogP contribution in [0, 0.1) is 6.92 Å². The van der Waals surface area contributed by atoms with E-state index in [1.807, 2.05) is 140 Å². The molecule has 5 heteroatoms. The summed E-state index contributed by atoms with van der Waals surface area (Å²) in [5.74, 6) is 0. The van der Waals surface area contributed by atoms with E-state index in [0.29, 0.717) is 0 Å². The van der Waals surface area contributed by atoms with E-state index in [9.17, 15) is 8.42 Å². The third-order valence-electron chi connectivity index (χ3n) is 6.59. The standard InChI is InChI=1S/C34H30N2O2S/c1-26-22-24-31(25-23-26)39(37,38)36-34(30-20-12-5-13-21-30)33(29-18-10-4-11-19-29)35-32(27-14-6-2-7-15-27)28-16-8-3-9-17-28/h2-25,33-34,36H,1H3/t33-,34+/m1/s1. The predicted molar refractivity (Wildman–Crippen MR) is 158 cm³/mol. The molecule has 0 amide bonds. The molecule has 0 aliphatic rings. The highest BCUT2D eigenvalue weighted by Gasteiger charge is 2.30. The van der Waals surface area contributed by atoms with Crippen LogP contribution in [0.4, 0.5) is 0 Å². The lowest BCUT2D eigenvalue weighted by atomic mass is 9.93. The van der Waals surface area contributed by atoms with Crippen molar-refractivity contribution in [3.8, 4) is 0 Å². The van der Waals surface area contributed by atoms with Crippen molar-refractivity contribution in [3.63, 3.8) is 0 Å². The zero-order valence-electron chi connectivity index (χ0n) is 21.7. The minimum Gasteiger partial charge on any atom is -0.274 e. The minimum absolute atomic E-state index is 0.219. The average Bonchev–Trinajstić information content (AvgIpc) is 2.99. The van der Waals surface area contributed by atoms with Crippen molar-refractivity contribution in [2.45, 2.75) is 23.9 Å². The molecule has 0 heterocycles. The smallest absolute Gasteiger partial charge is 0.241 e. The molecule has 39 heavy (non-hydrogen) atoms. The Hall–Kier alpha value is -4.32. The summed E-state index contributed by atoms with van der Waals surface area (Å²) < 4.78 is 30.5. The number of benzene rings is 5. The van der Waals surface area contributed by atoms with Crippen LogP contribution in [0.1, 0.15) is 39.9 Å². The van der Waals surface area contributed by atoms with E-state index in [-0.39, 0.29) is 4.90 Å². The monoisotopic (exact) mass is 530 g/mol. The van der Waals surface area contributed by atoms with Crippen molar-refractivity contribution in [3.05, 3.63) is 173 Å². The van der Waals surface area contributed by atoms with Gasteiger partial charge in [-0.2, -0.15) is 0 Å². The number of sulfonamides is 1. The topological polar surface area (TPSA) is 58.5 Å². The second-order valence-electron chi connectivity index (χ2n) is 9.39. The van der Waals surface area contributed by atoms with Crippen LogP contribution in [0.2, 0.25) is 0 Å². The van der Waals surface area contributed by atoms with Gasteiger partial charge < -0.3 is 0 Å². The highest BCUT2D eigenvalue weighted by Crippen LogP contribution is 2.35. The van der Waals surface area contributed by atoms with E-state index in [2.05, 4.69) is 4.72 Å². The largest absolute Gasteiger partial charge is 0.274 e. The first-order valence-electron chi connectivity index (χ1n) is 12.9. The second-order valence-corrected chi connectivity index (χ2v) is 11.1. The lowest BCUT2D eigenvalue weighted by Crippen LogP contribution is -2.32. The molecule has 2 atom stereocenters. The predicted octanol–water partition coefficient (Wildman–Crippen LogP) is 7.29. The van der Waals surface area contributed by atoms with Crippen LogP contribution in [-0.4, -0.2) is 14.1 Å². The van der Waals surface area contributed by atoms with E-state index in [1.54, 1.807) is 12.1 Å². The maximum atomic E-state index is 13.7. The SMILES string of the molecule is Cc1ccc(S(=O)(=O)N[C@@H](c2ccccc2)[C@H](N=C(c2ccccc2)c2ccccc2)c2ccccc2)cc1. The number of rotatable bonds is 9. The molecule has 0 bridgehead atoms. The zero-order valence-corrected chi connectivity index (χ0v) is 22.5. The quantitative estimate of drug-likeness (QED) is 0.203. The third-order valence-corrected chi connectivity index (χ3v) is 8.05. The molecule has 0 aromatic heterocycles. The Bertz CT molecular complexity index is 1580. The van der Waals surface area contributed by atoms with Gasteiger partial charge in [-0.1, -0.05) is 139 Å². The summed E-state index contributed by atoms with van der Waals surface area (Å²) in [6.45, 7) is 1.94. The molecular formula is C34H30N2O2S. The fourth-order valence-electron chi connectivity index (χ4n) is 4.57. The van der Waals surface area contributed by atoms with E-state index < -0.39 is 22.1 Å². The first-order valence-corrected chi connectivity index (χ1v) is 14.4. The minimum atomic E-state index is -3.86. The van der Waals surface area contributed by atoms with Gasteiger partial charge in [0.05, 0.1) is 22.7 Å². The van der Waals surface area contributed by atoms with Crippen LogP contribution in [0.15, 0.2) is 155 Å². The van der Waals surface area contributed by atoms with Crippen LogP contribution in [0.5, 0.6) is 0 Å². The van der Waals surface area contributed by atoms with Crippen molar-refractivity contribution in [1.29, 1.82) is 0 Å². The fourth-order valence-corrected chi connectivity index (χ4v) is 5.80. The second kappa shape index (κ2) is 12.0. The van der Waals surface area contributed by atoms with Gasteiger partial charge in [-0.3, -0.25) is 4.99 Å². The van der Waals surface area contributed by atoms with Crippen molar-refractivity contribution in [2.24, 2.45) is 4.99 Å². The number of hydrogen-bond acceptors (Lipinski definition) is 3. The molecule has 0 fully saturated rings. The summed E-state index contributed by atoms with van der Waals surface area (Å²) in [5.41, 5.74) is 5.43. The summed E-state index contributed by atoms with van der Waals surface area (Å²) in [6.07, 6.45) is 0. The molecule has 0 saturated heterocycles. The van der Waals surface area contributed by atoms with Crippen LogP contribution in [0.25, 0.3) is 0 Å². The van der Waals surface area contributed by atoms with Gasteiger partial charge in [0.15, 0.2) is 0 Å². The van der Waals surface area contributed by atoms with Crippen LogP contribution in [0.3, 0.4) is 0 Å². The highest BCUT2D eigenvalue weighted by atomic mass is 32.2. The molecule has 0 aliphatic heterocycles. The van der Waals surface area contributed by atoms with E-state index >= 15 is 0 Å². The number of hydrogen-bond donors (Lipinski definition) is 1. The fraction of sp³-hybridized carbons (Fsp3) is 0.0882. The van der Waals surface area contributed by atoms with Crippen LogP contribution in [-0.2, 0) is 10.0 Å². The first kappa shape index (κ1) is 26.3. The van der Waals surface area contributed by atoms with Crippen LogP contribution < -0.4 is 4.72 Å². The molecule has 194 valence electrons. The Morgan fingerprint density at radius 3 is 1.51 bits per heavy atom. The summed E-state index contributed by atoms with van der Waals surface area (Å²) in [5, 5.41) is 0. The molecule has 5 aromatic rings. The van der Waals surface area contributed by atoms with Gasteiger partial charge >= 0.3 is 0 Å². The molecular weight excluding hydrogens is 500 g/mol. The Balaban J connectivity index is 1.70. The summed E-state index contributed by atoms with van der Waals surface area (Å²) in [6, 6.07) is 45.2. The molecule has 0 unspecified atom stereocenters. The molecule has 5 aromatic carbocycles. The summed E-state index contributed by atoms with van der Waals surface area (Å²) in [7, 11) is -3.86. The highest BCUT2D eigenvalue weighted by molar-refractivity contribution is 7.89. The van der Waals surface area contributed by atoms with Gasteiger partial charge in [-0.15, -0.1) is 0 Å². The van der Waals surface area contributed by atoms with E-state index in [1.165, 1.54) is 0 Å². The van der Waals surface area contributed by atoms with Crippen molar-refractivity contribution >= 4 is 15.7 Å². The van der Waals surface area contributed by atoms with Gasteiger partial charge in [-0.25, -0.2) is 13.1 Å². The molecule has 0 spiro atoms. The molecule has 0 saturated carbocycles.